The summed E-state index contributed by atoms with van der Waals surface area (Å²) in [6.45, 7) is 23.3. The Morgan fingerprint density at radius 1 is 1.27 bits per heavy atom. The van der Waals surface area contributed by atoms with E-state index >= 15 is 0 Å². The molecule has 0 bridgehead atoms. The predicted octanol–water partition coefficient (Wildman–Crippen LogP) is 8.11. The van der Waals surface area contributed by atoms with E-state index < -0.39 is 12.1 Å². The Hall–Kier alpha value is -3.51. The van der Waals surface area contributed by atoms with Crippen LogP contribution in [0.15, 0.2) is 53.8 Å². The van der Waals surface area contributed by atoms with Crippen molar-refractivity contribution in [2.45, 2.75) is 105 Å². The van der Waals surface area contributed by atoms with Crippen molar-refractivity contribution in [2.75, 3.05) is 13.1 Å². The van der Waals surface area contributed by atoms with Crippen LogP contribution in [0, 0.1) is 12.8 Å². The van der Waals surface area contributed by atoms with Crippen LogP contribution in [0.1, 0.15) is 97.0 Å². The molecule has 2 aromatic rings. The number of aromatic nitrogens is 4. The lowest BCUT2D eigenvalue weighted by Crippen LogP contribution is -2.35. The van der Waals surface area contributed by atoms with E-state index in [0.717, 1.165) is 17.9 Å². The van der Waals surface area contributed by atoms with E-state index in [2.05, 4.69) is 50.7 Å². The molecule has 248 valence electrons. The molecule has 2 aromatic heterocycles. The maximum absolute atomic E-state index is 13.8. The lowest BCUT2D eigenvalue weighted by Gasteiger charge is -2.35. The number of imidazole rings is 1. The van der Waals surface area contributed by atoms with Crippen LogP contribution in [0.2, 0.25) is 0 Å². The molecule has 1 unspecified atom stereocenters. The molecular formula is C31H49F5N8. The maximum atomic E-state index is 13.8. The number of likely N-dealkylation sites (N-methyl/N-ethyl adjacent to an activating group) is 1. The lowest BCUT2D eigenvalue weighted by atomic mass is 9.81. The van der Waals surface area contributed by atoms with Crippen molar-refractivity contribution in [3.63, 3.8) is 0 Å². The van der Waals surface area contributed by atoms with Crippen molar-refractivity contribution in [1.29, 1.82) is 0 Å². The first kappa shape index (κ1) is 38.5. The van der Waals surface area contributed by atoms with Crippen molar-refractivity contribution < 1.29 is 22.0 Å². The van der Waals surface area contributed by atoms with Gasteiger partial charge in [-0.3, -0.25) is 5.01 Å². The van der Waals surface area contributed by atoms with E-state index in [9.17, 15) is 22.0 Å². The van der Waals surface area contributed by atoms with Crippen LogP contribution in [0.3, 0.4) is 0 Å². The molecule has 1 atom stereocenters. The van der Waals surface area contributed by atoms with Crippen LogP contribution in [0.5, 0.6) is 0 Å². The summed E-state index contributed by atoms with van der Waals surface area (Å²) in [6.07, 6.45) is 5.73. The fourth-order valence-electron chi connectivity index (χ4n) is 4.77. The molecule has 8 nitrogen and oxygen atoms in total. The average Bonchev–Trinajstić information content (AvgIpc) is 3.38. The van der Waals surface area contributed by atoms with Gasteiger partial charge in [0, 0.05) is 45.3 Å². The van der Waals surface area contributed by atoms with Gasteiger partial charge in [-0.1, -0.05) is 33.1 Å². The summed E-state index contributed by atoms with van der Waals surface area (Å²) >= 11 is 0. The first-order chi connectivity index (χ1) is 20.7. The van der Waals surface area contributed by atoms with Crippen molar-refractivity contribution in [1.82, 2.24) is 35.2 Å². The molecule has 4 rings (SSSR count). The first-order valence-electron chi connectivity index (χ1n) is 15.1. The number of rotatable bonds is 8. The van der Waals surface area contributed by atoms with E-state index in [-0.39, 0.29) is 31.7 Å². The van der Waals surface area contributed by atoms with Crippen LogP contribution in [-0.4, -0.2) is 56.5 Å². The highest BCUT2D eigenvalue weighted by molar-refractivity contribution is 5.33. The molecule has 1 saturated carbocycles. The Bertz CT molecular complexity index is 1200. The molecule has 2 fully saturated rings. The van der Waals surface area contributed by atoms with Gasteiger partial charge in [0.1, 0.15) is 0 Å². The average molecular weight is 629 g/mol. The third-order valence-electron chi connectivity index (χ3n) is 6.81. The molecule has 0 amide bonds. The molecule has 44 heavy (non-hydrogen) atoms. The fourth-order valence-corrected chi connectivity index (χ4v) is 4.77. The molecule has 0 spiro atoms. The molecule has 13 heteroatoms. The van der Waals surface area contributed by atoms with Gasteiger partial charge < -0.3 is 10.6 Å². The van der Waals surface area contributed by atoms with Crippen LogP contribution < -0.4 is 10.6 Å². The topological polar surface area (TPSA) is 82.7 Å². The lowest BCUT2D eigenvalue weighted by molar-refractivity contribution is -0.110. The summed E-state index contributed by atoms with van der Waals surface area (Å²) < 4.78 is 60.3. The number of nitrogens with one attached hydrogen (secondary N) is 2. The summed E-state index contributed by atoms with van der Waals surface area (Å²) in [4.78, 5) is 8.93. The van der Waals surface area contributed by atoms with Gasteiger partial charge in [-0.05, 0) is 58.8 Å². The van der Waals surface area contributed by atoms with Gasteiger partial charge in [-0.15, -0.1) is 0 Å². The molecule has 1 aliphatic heterocycles. The molecular weight excluding hydrogens is 579 g/mol. The Morgan fingerprint density at radius 3 is 2.34 bits per heavy atom. The van der Waals surface area contributed by atoms with Crippen molar-refractivity contribution in [3.8, 4) is 0 Å². The van der Waals surface area contributed by atoms with E-state index in [1.54, 1.807) is 15.7 Å². The van der Waals surface area contributed by atoms with E-state index in [4.69, 9.17) is 0 Å². The number of aryl methyl sites for hydroxylation is 1. The fraction of sp³-hybridized carbons (Fsp3) is 0.613. The number of hydrazone groups is 1. The third kappa shape index (κ3) is 13.4. The monoisotopic (exact) mass is 628 g/mol. The number of allylic oxidation sites excluding steroid dienone is 2. The number of nitrogens with zero attached hydrogens (tertiary/aromatic N) is 6. The maximum Gasteiger partial charge on any atom is 0.386 e. The van der Waals surface area contributed by atoms with Gasteiger partial charge in [-0.25, -0.2) is 23.3 Å². The van der Waals surface area contributed by atoms with Crippen molar-refractivity contribution in [3.05, 3.63) is 60.1 Å². The van der Waals surface area contributed by atoms with Crippen LogP contribution in [-0.2, 0) is 0 Å². The molecule has 2 aliphatic rings. The number of hydrogen-bond acceptors (Lipinski definition) is 7. The summed E-state index contributed by atoms with van der Waals surface area (Å²) in [6, 6.07) is -0.295. The van der Waals surface area contributed by atoms with Gasteiger partial charge in [0.2, 0.25) is 5.92 Å². The first-order valence-corrected chi connectivity index (χ1v) is 15.1. The van der Waals surface area contributed by atoms with Gasteiger partial charge in [-0.2, -0.15) is 23.4 Å². The number of fused-ring (bicyclic) bond motifs is 1. The minimum Gasteiger partial charge on any atom is -0.389 e. The Labute approximate surface area is 258 Å². The zero-order chi connectivity index (χ0) is 33.5. The summed E-state index contributed by atoms with van der Waals surface area (Å²) in [5.74, 6) is -2.14. The number of piperidine rings is 1. The quantitative estimate of drug-likeness (QED) is 0.133. The number of hydrogen-bond donors (Lipinski definition) is 2. The standard InChI is InChI=1S/C21H29F2N7.C6H11N.C2H3F3.C2H6/c1-6-18(29(7-2)24-5)15(4)26-19(16-8-10-21(22,23)11-9-16)17-13-30-20(27-17)25-12-14(3)28-30;1-6-4-2-3-5-7-6;1-2(3,4)5;1-2/h6,12-13,16,19,26H,4-5,7-11H2,1-3H3;7H,1-5H2;1H3;1-2H3/b18-6-;;;. The Kier molecular flexibility index (Phi) is 16.0. The highest BCUT2D eigenvalue weighted by atomic mass is 19.4. The van der Waals surface area contributed by atoms with Crippen LogP contribution in [0.25, 0.3) is 5.78 Å². The minimum atomic E-state index is -4.00. The van der Waals surface area contributed by atoms with Crippen molar-refractivity contribution >= 4 is 12.5 Å². The number of halogens is 5. The zero-order valence-electron chi connectivity index (χ0n) is 26.9. The highest BCUT2D eigenvalue weighted by Crippen LogP contribution is 2.41. The van der Waals surface area contributed by atoms with Gasteiger partial charge in [0.15, 0.2) is 0 Å². The molecule has 0 radical (unpaired) electrons. The van der Waals surface area contributed by atoms with Crippen LogP contribution in [0.4, 0.5) is 22.0 Å². The zero-order valence-corrected chi connectivity index (χ0v) is 26.9. The minimum absolute atomic E-state index is 0.0164. The molecule has 3 heterocycles. The second-order valence-corrected chi connectivity index (χ2v) is 10.4. The third-order valence-corrected chi connectivity index (χ3v) is 6.81. The summed E-state index contributed by atoms with van der Waals surface area (Å²) in [5, 5.41) is 16.8. The second-order valence-electron chi connectivity index (χ2n) is 10.4. The van der Waals surface area contributed by atoms with Gasteiger partial charge in [0.25, 0.3) is 5.78 Å². The second kappa shape index (κ2) is 18.3. The highest BCUT2D eigenvalue weighted by Gasteiger charge is 2.39. The smallest absolute Gasteiger partial charge is 0.386 e. The Balaban J connectivity index is 0.000000572. The molecule has 2 N–H and O–H groups in total. The summed E-state index contributed by atoms with van der Waals surface area (Å²) in [5.41, 5.74) is 4.12. The van der Waals surface area contributed by atoms with Crippen molar-refractivity contribution in [2.24, 2.45) is 11.0 Å². The van der Waals surface area contributed by atoms with E-state index in [1.807, 2.05) is 46.9 Å². The SMILES string of the molecule is C=C1CCCCN1.C=NN(CC)/C(=C\C)C(=C)NC(c1cn2nc(C)cnc2n1)C1CCC(F)(F)CC1.CC.CC(F)(F)F. The largest absolute Gasteiger partial charge is 0.389 e. The van der Waals surface area contributed by atoms with E-state index in [1.165, 1.54) is 25.0 Å². The predicted molar refractivity (Wildman–Crippen MR) is 167 cm³/mol. The van der Waals surface area contributed by atoms with Crippen LogP contribution >= 0.6 is 0 Å². The Morgan fingerprint density at radius 2 is 1.89 bits per heavy atom. The normalized spacial score (nSPS) is 17.3. The van der Waals surface area contributed by atoms with Gasteiger partial charge >= 0.3 is 6.18 Å². The summed E-state index contributed by atoms with van der Waals surface area (Å²) in [7, 11) is 0. The molecule has 0 aromatic carbocycles. The molecule has 1 aliphatic carbocycles. The molecule has 1 saturated heterocycles. The number of alkyl halides is 5. The van der Waals surface area contributed by atoms with Gasteiger partial charge in [0.05, 0.1) is 41.2 Å². The van der Waals surface area contributed by atoms with E-state index in [0.29, 0.717) is 36.6 Å².